The van der Waals surface area contributed by atoms with Crippen molar-refractivity contribution >= 4 is 21.4 Å². The standard InChI is InChI=1S/C27H40N4O2S/c1-5-15-29(16-6-2)24-12-8-9-13-25(24)30-20-17-28(18-21-30)19-22-31-27(3,4)23-11-7-10-14-26(23)34(31,32)33/h7-14H,5-6,15-22H2,1-4H3. The van der Waals surface area contributed by atoms with Gasteiger partial charge >= 0.3 is 0 Å². The van der Waals surface area contributed by atoms with E-state index in [2.05, 4.69) is 52.8 Å². The molecular weight excluding hydrogens is 444 g/mol. The number of hydrogen-bond acceptors (Lipinski definition) is 5. The van der Waals surface area contributed by atoms with Crippen LogP contribution in [0.15, 0.2) is 53.4 Å². The zero-order chi connectivity index (χ0) is 24.3. The SMILES string of the molecule is CCCN(CCC)c1ccccc1N1CCN(CCN2C(C)(C)c3ccccc3S2(=O)=O)CC1. The minimum atomic E-state index is -3.44. The zero-order valence-corrected chi connectivity index (χ0v) is 22.0. The van der Waals surface area contributed by atoms with Gasteiger partial charge in [0.25, 0.3) is 0 Å². The molecule has 2 heterocycles. The summed E-state index contributed by atoms with van der Waals surface area (Å²) >= 11 is 0. The minimum Gasteiger partial charge on any atom is -0.370 e. The van der Waals surface area contributed by atoms with Crippen LogP contribution in [0, 0.1) is 0 Å². The van der Waals surface area contributed by atoms with Crippen LogP contribution in [0.5, 0.6) is 0 Å². The second-order valence-electron chi connectivity index (χ2n) is 9.94. The quantitative estimate of drug-likeness (QED) is 0.529. The molecule has 0 bridgehead atoms. The first-order chi connectivity index (χ1) is 16.3. The molecule has 34 heavy (non-hydrogen) atoms. The van der Waals surface area contributed by atoms with Crippen molar-refractivity contribution in [2.45, 2.75) is 51.0 Å². The van der Waals surface area contributed by atoms with Crippen LogP contribution in [-0.2, 0) is 15.6 Å². The molecule has 0 saturated carbocycles. The maximum absolute atomic E-state index is 13.2. The Bertz CT molecular complexity index is 1070. The predicted molar refractivity (Wildman–Crippen MR) is 141 cm³/mol. The van der Waals surface area contributed by atoms with Crippen molar-refractivity contribution in [3.63, 3.8) is 0 Å². The van der Waals surface area contributed by atoms with Crippen LogP contribution in [-0.4, -0.2) is 70.0 Å². The van der Waals surface area contributed by atoms with Crippen molar-refractivity contribution in [1.29, 1.82) is 0 Å². The summed E-state index contributed by atoms with van der Waals surface area (Å²) in [7, 11) is -3.44. The second-order valence-corrected chi connectivity index (χ2v) is 11.8. The number of piperazine rings is 1. The third-order valence-electron chi connectivity index (χ3n) is 7.28. The molecule has 0 aromatic heterocycles. The van der Waals surface area contributed by atoms with Crippen molar-refractivity contribution in [2.75, 3.05) is 62.2 Å². The second kappa shape index (κ2) is 10.3. The Balaban J connectivity index is 1.40. The number of hydrogen-bond donors (Lipinski definition) is 0. The Hall–Kier alpha value is -2.09. The van der Waals surface area contributed by atoms with Crippen molar-refractivity contribution in [1.82, 2.24) is 9.21 Å². The lowest BCUT2D eigenvalue weighted by atomic mass is 9.94. The Morgan fingerprint density at radius 2 is 1.47 bits per heavy atom. The van der Waals surface area contributed by atoms with Gasteiger partial charge in [0.05, 0.1) is 21.8 Å². The number of anilines is 2. The fraction of sp³-hybridized carbons (Fsp3) is 0.556. The molecule has 0 radical (unpaired) electrons. The van der Waals surface area contributed by atoms with Crippen LogP contribution in [0.3, 0.4) is 0 Å². The molecule has 0 amide bonds. The molecule has 0 unspecified atom stereocenters. The molecule has 7 heteroatoms. The normalized spacial score (nSPS) is 19.8. The lowest BCUT2D eigenvalue weighted by molar-refractivity contribution is 0.189. The molecule has 0 atom stereocenters. The first kappa shape index (κ1) is 25.0. The molecule has 186 valence electrons. The van der Waals surface area contributed by atoms with Gasteiger partial charge in [-0.1, -0.05) is 44.2 Å². The van der Waals surface area contributed by atoms with E-state index in [1.807, 2.05) is 32.0 Å². The fourth-order valence-corrected chi connectivity index (χ4v) is 7.59. The summed E-state index contributed by atoms with van der Waals surface area (Å²) in [5.74, 6) is 0. The Morgan fingerprint density at radius 3 is 2.12 bits per heavy atom. The molecule has 6 nitrogen and oxygen atoms in total. The van der Waals surface area contributed by atoms with E-state index in [0.29, 0.717) is 11.4 Å². The first-order valence-electron chi connectivity index (χ1n) is 12.7. The molecule has 0 N–H and O–H groups in total. The van der Waals surface area contributed by atoms with Crippen molar-refractivity contribution in [3.05, 3.63) is 54.1 Å². The van der Waals surface area contributed by atoms with Crippen LogP contribution >= 0.6 is 0 Å². The van der Waals surface area contributed by atoms with Gasteiger partial charge in [0.2, 0.25) is 10.0 Å². The molecule has 1 saturated heterocycles. The van der Waals surface area contributed by atoms with Crippen LogP contribution in [0.25, 0.3) is 0 Å². The van der Waals surface area contributed by atoms with E-state index in [1.54, 1.807) is 10.4 Å². The molecule has 2 aromatic carbocycles. The molecule has 0 aliphatic carbocycles. The van der Waals surface area contributed by atoms with Gasteiger partial charge < -0.3 is 9.80 Å². The maximum atomic E-state index is 13.2. The highest BCUT2D eigenvalue weighted by atomic mass is 32.2. The van der Waals surface area contributed by atoms with E-state index in [9.17, 15) is 8.42 Å². The molecule has 0 spiro atoms. The minimum absolute atomic E-state index is 0.463. The maximum Gasteiger partial charge on any atom is 0.244 e. The molecule has 1 fully saturated rings. The highest BCUT2D eigenvalue weighted by molar-refractivity contribution is 7.89. The van der Waals surface area contributed by atoms with Crippen molar-refractivity contribution in [3.8, 4) is 0 Å². The van der Waals surface area contributed by atoms with Gasteiger partial charge in [-0.15, -0.1) is 0 Å². The van der Waals surface area contributed by atoms with Gasteiger partial charge in [-0.05, 0) is 50.5 Å². The van der Waals surface area contributed by atoms with E-state index in [4.69, 9.17) is 0 Å². The van der Waals surface area contributed by atoms with Crippen LogP contribution in [0.4, 0.5) is 11.4 Å². The summed E-state index contributed by atoms with van der Waals surface area (Å²) in [6, 6.07) is 16.2. The summed E-state index contributed by atoms with van der Waals surface area (Å²) in [5, 5.41) is 0. The number of para-hydroxylation sites is 2. The summed E-state index contributed by atoms with van der Waals surface area (Å²) in [4.78, 5) is 7.88. The van der Waals surface area contributed by atoms with E-state index in [0.717, 1.165) is 64.2 Å². The topological polar surface area (TPSA) is 47.1 Å². The van der Waals surface area contributed by atoms with Crippen molar-refractivity contribution < 1.29 is 8.42 Å². The van der Waals surface area contributed by atoms with E-state index < -0.39 is 15.6 Å². The highest BCUT2D eigenvalue weighted by Crippen LogP contribution is 2.43. The predicted octanol–water partition coefficient (Wildman–Crippen LogP) is 4.37. The van der Waals surface area contributed by atoms with E-state index in [-0.39, 0.29) is 0 Å². The monoisotopic (exact) mass is 484 g/mol. The van der Waals surface area contributed by atoms with Gasteiger partial charge in [0, 0.05) is 52.4 Å². The van der Waals surface area contributed by atoms with Crippen LogP contribution in [0.2, 0.25) is 0 Å². The number of benzene rings is 2. The van der Waals surface area contributed by atoms with Crippen LogP contribution in [0.1, 0.15) is 46.1 Å². The Morgan fingerprint density at radius 1 is 0.853 bits per heavy atom. The molecule has 2 aliphatic rings. The van der Waals surface area contributed by atoms with E-state index >= 15 is 0 Å². The Kier molecular flexibility index (Phi) is 7.55. The zero-order valence-electron chi connectivity index (χ0n) is 21.2. The Labute approximate surface area is 206 Å². The summed E-state index contributed by atoms with van der Waals surface area (Å²) in [6.45, 7) is 15.7. The molecule has 2 aromatic rings. The van der Waals surface area contributed by atoms with Gasteiger partial charge in [-0.3, -0.25) is 4.90 Å². The number of rotatable bonds is 9. The van der Waals surface area contributed by atoms with Gasteiger partial charge in [0.15, 0.2) is 0 Å². The fourth-order valence-electron chi connectivity index (χ4n) is 5.49. The largest absolute Gasteiger partial charge is 0.370 e. The lowest BCUT2D eigenvalue weighted by Gasteiger charge is -2.39. The number of fused-ring (bicyclic) bond motifs is 1. The van der Waals surface area contributed by atoms with Gasteiger partial charge in [0.1, 0.15) is 0 Å². The third-order valence-corrected chi connectivity index (χ3v) is 9.41. The van der Waals surface area contributed by atoms with Gasteiger partial charge in [-0.2, -0.15) is 4.31 Å². The molecule has 4 rings (SSSR count). The molecular formula is C27H40N4O2S. The number of sulfonamides is 1. The third kappa shape index (κ3) is 4.70. The van der Waals surface area contributed by atoms with Crippen molar-refractivity contribution in [2.24, 2.45) is 0 Å². The average molecular weight is 485 g/mol. The first-order valence-corrected chi connectivity index (χ1v) is 14.2. The summed E-state index contributed by atoms with van der Waals surface area (Å²) in [5.41, 5.74) is 3.04. The highest BCUT2D eigenvalue weighted by Gasteiger charge is 2.47. The van der Waals surface area contributed by atoms with E-state index in [1.165, 1.54) is 11.4 Å². The van der Waals surface area contributed by atoms with Gasteiger partial charge in [-0.25, -0.2) is 8.42 Å². The lowest BCUT2D eigenvalue weighted by Crippen LogP contribution is -2.50. The van der Waals surface area contributed by atoms with Crippen LogP contribution < -0.4 is 9.80 Å². The summed E-state index contributed by atoms with van der Waals surface area (Å²) < 4.78 is 28.1. The molecule has 2 aliphatic heterocycles. The smallest absolute Gasteiger partial charge is 0.244 e. The average Bonchev–Trinajstić information content (AvgIpc) is 2.99. The number of nitrogens with zero attached hydrogens (tertiary/aromatic N) is 4. The summed E-state index contributed by atoms with van der Waals surface area (Å²) in [6.07, 6.45) is 2.28.